The second-order valence-electron chi connectivity index (χ2n) is 4.49. The Morgan fingerprint density at radius 1 is 1.50 bits per heavy atom. The number of hydrogen-bond acceptors (Lipinski definition) is 5. The maximum Gasteiger partial charge on any atom is 0.305 e. The number of tetrazole rings is 1. The van der Waals surface area contributed by atoms with E-state index in [4.69, 9.17) is 9.84 Å². The summed E-state index contributed by atoms with van der Waals surface area (Å²) in [6, 6.07) is 0. The van der Waals surface area contributed by atoms with Crippen LogP contribution < -0.4 is 0 Å². The molecule has 0 aromatic carbocycles. The Kier molecular flexibility index (Phi) is 4.63. The van der Waals surface area contributed by atoms with E-state index in [2.05, 4.69) is 15.5 Å². The number of carbonyl (C=O) groups is 1. The van der Waals surface area contributed by atoms with Crippen LogP contribution in [0, 0.1) is 0 Å². The molecule has 1 N–H and O–H groups in total. The number of carboxylic acid groups (broad SMARTS) is 1. The largest absolute Gasteiger partial charge is 0.481 e. The van der Waals surface area contributed by atoms with Crippen LogP contribution >= 0.6 is 0 Å². The van der Waals surface area contributed by atoms with Crippen LogP contribution in [0.2, 0.25) is 0 Å². The lowest BCUT2D eigenvalue weighted by Crippen LogP contribution is -2.20. The van der Waals surface area contributed by atoms with Gasteiger partial charge in [0.2, 0.25) is 0 Å². The number of carboxylic acids is 1. The van der Waals surface area contributed by atoms with E-state index in [1.165, 1.54) is 6.42 Å². The zero-order chi connectivity index (χ0) is 12.8. The molecule has 0 bridgehead atoms. The van der Waals surface area contributed by atoms with Crippen LogP contribution in [0.25, 0.3) is 0 Å². The molecule has 0 amide bonds. The molecule has 2 heterocycles. The SMILES string of the molecule is O=C(O)CCn1nnnc1CCC1CCCCO1. The van der Waals surface area contributed by atoms with Gasteiger partial charge in [-0.25, -0.2) is 4.68 Å². The average Bonchev–Trinajstić information content (AvgIpc) is 2.82. The molecule has 1 unspecified atom stereocenters. The number of ether oxygens (including phenoxy) is 1. The van der Waals surface area contributed by atoms with Crippen LogP contribution in [0.1, 0.15) is 37.9 Å². The first-order valence-electron chi connectivity index (χ1n) is 6.34. The Bertz CT molecular complexity index is 387. The van der Waals surface area contributed by atoms with Crippen molar-refractivity contribution in [1.82, 2.24) is 20.2 Å². The van der Waals surface area contributed by atoms with Crippen molar-refractivity contribution in [2.75, 3.05) is 6.61 Å². The predicted molar refractivity (Wildman–Crippen MR) is 62.0 cm³/mol. The van der Waals surface area contributed by atoms with Gasteiger partial charge in [-0.2, -0.15) is 0 Å². The summed E-state index contributed by atoms with van der Waals surface area (Å²) < 4.78 is 7.21. The number of nitrogens with zero attached hydrogens (tertiary/aromatic N) is 4. The second kappa shape index (κ2) is 6.44. The minimum absolute atomic E-state index is 0.0397. The fraction of sp³-hybridized carbons (Fsp3) is 0.818. The van der Waals surface area contributed by atoms with Gasteiger partial charge in [0, 0.05) is 13.0 Å². The van der Waals surface area contributed by atoms with E-state index < -0.39 is 5.97 Å². The zero-order valence-corrected chi connectivity index (χ0v) is 10.3. The Balaban J connectivity index is 1.81. The standard InChI is InChI=1S/C11H18N4O3/c16-11(17)6-7-15-10(12-13-14-15)5-4-9-3-1-2-8-18-9/h9H,1-8H2,(H,16,17). The number of aryl methyl sites for hydroxylation is 2. The van der Waals surface area contributed by atoms with Gasteiger partial charge in [0.1, 0.15) is 0 Å². The van der Waals surface area contributed by atoms with Crippen molar-refractivity contribution in [2.24, 2.45) is 0 Å². The number of hydrogen-bond donors (Lipinski definition) is 1. The molecule has 18 heavy (non-hydrogen) atoms. The molecule has 0 radical (unpaired) electrons. The monoisotopic (exact) mass is 254 g/mol. The first-order chi connectivity index (χ1) is 8.75. The zero-order valence-electron chi connectivity index (χ0n) is 10.3. The molecule has 0 aliphatic carbocycles. The normalized spacial score (nSPS) is 19.9. The van der Waals surface area contributed by atoms with E-state index in [1.54, 1.807) is 4.68 Å². The van der Waals surface area contributed by atoms with Crippen molar-refractivity contribution in [3.05, 3.63) is 5.82 Å². The highest BCUT2D eigenvalue weighted by Gasteiger charge is 2.16. The van der Waals surface area contributed by atoms with Gasteiger partial charge in [0.15, 0.2) is 5.82 Å². The third-order valence-electron chi connectivity index (χ3n) is 3.11. The summed E-state index contributed by atoms with van der Waals surface area (Å²) >= 11 is 0. The van der Waals surface area contributed by atoms with Crippen molar-refractivity contribution in [3.63, 3.8) is 0 Å². The Morgan fingerprint density at radius 2 is 2.39 bits per heavy atom. The third-order valence-corrected chi connectivity index (χ3v) is 3.11. The lowest BCUT2D eigenvalue weighted by Gasteiger charge is -2.22. The smallest absolute Gasteiger partial charge is 0.305 e. The molecule has 1 saturated heterocycles. The Labute approximate surface area is 105 Å². The molecule has 2 rings (SSSR count). The molecular formula is C11H18N4O3. The lowest BCUT2D eigenvalue weighted by atomic mass is 10.0. The predicted octanol–water partition coefficient (Wildman–Crippen LogP) is 0.649. The van der Waals surface area contributed by atoms with Gasteiger partial charge in [0.25, 0.3) is 0 Å². The molecular weight excluding hydrogens is 236 g/mol. The molecule has 1 aromatic rings. The minimum Gasteiger partial charge on any atom is -0.481 e. The molecule has 1 atom stereocenters. The van der Waals surface area contributed by atoms with Crippen LogP contribution in [-0.4, -0.2) is 44.0 Å². The summed E-state index contributed by atoms with van der Waals surface area (Å²) in [5, 5.41) is 20.0. The molecule has 7 heteroatoms. The van der Waals surface area contributed by atoms with E-state index in [9.17, 15) is 4.79 Å². The molecule has 1 aliphatic heterocycles. The highest BCUT2D eigenvalue weighted by atomic mass is 16.5. The highest BCUT2D eigenvalue weighted by Crippen LogP contribution is 2.17. The van der Waals surface area contributed by atoms with Gasteiger partial charge >= 0.3 is 5.97 Å². The Morgan fingerprint density at radius 3 is 3.11 bits per heavy atom. The van der Waals surface area contributed by atoms with Crippen molar-refractivity contribution in [2.45, 2.75) is 51.2 Å². The first-order valence-corrected chi connectivity index (χ1v) is 6.34. The summed E-state index contributed by atoms with van der Waals surface area (Å²) in [4.78, 5) is 10.5. The number of aliphatic carboxylic acids is 1. The third kappa shape index (κ3) is 3.76. The van der Waals surface area contributed by atoms with Gasteiger partial charge in [-0.1, -0.05) is 0 Å². The molecule has 1 aliphatic rings. The summed E-state index contributed by atoms with van der Waals surface area (Å²) in [6.07, 6.45) is 5.42. The summed E-state index contributed by atoms with van der Waals surface area (Å²) in [7, 11) is 0. The summed E-state index contributed by atoms with van der Waals surface area (Å²) in [5.41, 5.74) is 0. The minimum atomic E-state index is -0.841. The topological polar surface area (TPSA) is 90.1 Å². The van der Waals surface area contributed by atoms with Crippen molar-refractivity contribution >= 4 is 5.97 Å². The first kappa shape index (κ1) is 12.9. The van der Waals surface area contributed by atoms with Gasteiger partial charge in [-0.05, 0) is 36.1 Å². The number of aromatic nitrogens is 4. The van der Waals surface area contributed by atoms with E-state index in [1.807, 2.05) is 0 Å². The van der Waals surface area contributed by atoms with Gasteiger partial charge in [-0.15, -0.1) is 5.10 Å². The highest BCUT2D eigenvalue weighted by molar-refractivity contribution is 5.66. The van der Waals surface area contributed by atoms with Crippen molar-refractivity contribution < 1.29 is 14.6 Å². The fourth-order valence-corrected chi connectivity index (χ4v) is 2.10. The molecule has 1 aromatic heterocycles. The second-order valence-corrected chi connectivity index (χ2v) is 4.49. The van der Waals surface area contributed by atoms with Gasteiger partial charge < -0.3 is 9.84 Å². The van der Waals surface area contributed by atoms with Gasteiger partial charge in [-0.3, -0.25) is 4.79 Å². The van der Waals surface area contributed by atoms with E-state index in [0.717, 1.165) is 38.1 Å². The van der Waals surface area contributed by atoms with E-state index >= 15 is 0 Å². The fourth-order valence-electron chi connectivity index (χ4n) is 2.10. The van der Waals surface area contributed by atoms with Crippen LogP contribution in [0.5, 0.6) is 0 Å². The van der Waals surface area contributed by atoms with Gasteiger partial charge in [0.05, 0.1) is 19.1 Å². The van der Waals surface area contributed by atoms with Crippen LogP contribution in [0.15, 0.2) is 0 Å². The lowest BCUT2D eigenvalue weighted by molar-refractivity contribution is -0.137. The maximum absolute atomic E-state index is 10.5. The maximum atomic E-state index is 10.5. The molecule has 0 spiro atoms. The number of rotatable bonds is 6. The van der Waals surface area contributed by atoms with Crippen LogP contribution in [0.4, 0.5) is 0 Å². The van der Waals surface area contributed by atoms with Crippen molar-refractivity contribution in [1.29, 1.82) is 0 Å². The summed E-state index contributed by atoms with van der Waals surface area (Å²) in [5.74, 6) is -0.0995. The molecule has 1 fully saturated rings. The van der Waals surface area contributed by atoms with Crippen LogP contribution in [0.3, 0.4) is 0 Å². The van der Waals surface area contributed by atoms with E-state index in [-0.39, 0.29) is 6.42 Å². The average molecular weight is 254 g/mol. The molecule has 100 valence electrons. The van der Waals surface area contributed by atoms with Crippen LogP contribution in [-0.2, 0) is 22.5 Å². The quantitative estimate of drug-likeness (QED) is 0.801. The molecule has 0 saturated carbocycles. The summed E-state index contributed by atoms with van der Waals surface area (Å²) in [6.45, 7) is 1.16. The van der Waals surface area contributed by atoms with Crippen molar-refractivity contribution in [3.8, 4) is 0 Å². The van der Waals surface area contributed by atoms with E-state index in [0.29, 0.717) is 12.6 Å². The Hall–Kier alpha value is -1.50. The molecule has 7 nitrogen and oxygen atoms in total.